The van der Waals surface area contributed by atoms with E-state index in [1.165, 1.54) is 19.4 Å². The van der Waals surface area contributed by atoms with Gasteiger partial charge in [-0.05, 0) is 70.7 Å². The number of benzene rings is 2. The molecule has 3 aromatic rings. The highest BCUT2D eigenvalue weighted by atomic mass is 16.5. The maximum atomic E-state index is 12.9. The number of carboxylic acid groups (broad SMARTS) is 1. The number of carbonyl (C=O) groups is 1. The monoisotopic (exact) mass is 451 g/mol. The standard InChI is InChI=1S/C26H33N3O4/c1-18(2)29-23(27-28(25(29)32)17-21-11-9-19(3)10-12-21)8-6-7-20-13-15-22(16-14-20)33-26(4,5)24(30)31/h9-16,18H,6-8,17H2,1-5H3,(H,30,31). The van der Waals surface area contributed by atoms with Crippen LogP contribution in [0.3, 0.4) is 0 Å². The van der Waals surface area contributed by atoms with Crippen molar-refractivity contribution in [2.45, 2.75) is 72.1 Å². The lowest BCUT2D eigenvalue weighted by Gasteiger charge is -2.21. The lowest BCUT2D eigenvalue weighted by molar-refractivity contribution is -0.152. The first-order valence-electron chi connectivity index (χ1n) is 11.3. The zero-order valence-electron chi connectivity index (χ0n) is 20.0. The van der Waals surface area contributed by atoms with Crippen molar-refractivity contribution < 1.29 is 14.6 Å². The van der Waals surface area contributed by atoms with Crippen molar-refractivity contribution in [3.8, 4) is 5.75 Å². The first-order chi connectivity index (χ1) is 15.6. The van der Waals surface area contributed by atoms with Crippen LogP contribution in [0, 0.1) is 6.92 Å². The molecule has 1 N–H and O–H groups in total. The van der Waals surface area contributed by atoms with Crippen molar-refractivity contribution in [1.82, 2.24) is 14.3 Å². The predicted octanol–water partition coefficient (Wildman–Crippen LogP) is 4.40. The number of rotatable bonds is 10. The minimum atomic E-state index is -1.28. The summed E-state index contributed by atoms with van der Waals surface area (Å²) in [4.78, 5) is 24.2. The van der Waals surface area contributed by atoms with Crippen LogP contribution in [-0.2, 0) is 24.2 Å². The lowest BCUT2D eigenvalue weighted by Crippen LogP contribution is -2.37. The summed E-state index contributed by atoms with van der Waals surface area (Å²) in [6, 6.07) is 15.6. The molecule has 0 saturated carbocycles. The Morgan fingerprint density at radius 3 is 2.21 bits per heavy atom. The molecule has 0 amide bonds. The molecule has 1 heterocycles. The zero-order valence-corrected chi connectivity index (χ0v) is 20.0. The van der Waals surface area contributed by atoms with Crippen molar-refractivity contribution in [1.29, 1.82) is 0 Å². The number of nitrogens with zero attached hydrogens (tertiary/aromatic N) is 3. The largest absolute Gasteiger partial charge is 0.478 e. The summed E-state index contributed by atoms with van der Waals surface area (Å²) in [5.74, 6) is 0.310. The minimum absolute atomic E-state index is 0.0355. The van der Waals surface area contributed by atoms with Crippen LogP contribution in [0.2, 0.25) is 0 Å². The molecule has 0 bridgehead atoms. The highest BCUT2D eigenvalue weighted by molar-refractivity contribution is 5.76. The molecule has 176 valence electrons. The molecule has 7 heteroatoms. The summed E-state index contributed by atoms with van der Waals surface area (Å²) >= 11 is 0. The van der Waals surface area contributed by atoms with Gasteiger partial charge in [-0.3, -0.25) is 4.57 Å². The molecule has 1 aromatic heterocycles. The SMILES string of the molecule is Cc1ccc(Cn2nc(CCCc3ccc(OC(C)(C)C(=O)O)cc3)n(C(C)C)c2=O)cc1. The second-order valence-corrected chi connectivity index (χ2v) is 9.22. The molecule has 0 atom stereocenters. The first kappa shape index (κ1) is 24.3. The van der Waals surface area contributed by atoms with Gasteiger partial charge in [0.15, 0.2) is 5.60 Å². The van der Waals surface area contributed by atoms with Crippen molar-refractivity contribution in [2.24, 2.45) is 0 Å². The maximum absolute atomic E-state index is 12.9. The van der Waals surface area contributed by atoms with Crippen LogP contribution >= 0.6 is 0 Å². The number of hydrogen-bond acceptors (Lipinski definition) is 4. The summed E-state index contributed by atoms with van der Waals surface area (Å²) < 4.78 is 8.88. The van der Waals surface area contributed by atoms with Gasteiger partial charge in [-0.2, -0.15) is 5.10 Å². The predicted molar refractivity (Wildman–Crippen MR) is 128 cm³/mol. The van der Waals surface area contributed by atoms with Crippen LogP contribution in [0.15, 0.2) is 53.3 Å². The van der Waals surface area contributed by atoms with E-state index in [1.807, 2.05) is 57.2 Å². The van der Waals surface area contributed by atoms with Crippen LogP contribution < -0.4 is 10.4 Å². The first-order valence-corrected chi connectivity index (χ1v) is 11.3. The maximum Gasteiger partial charge on any atom is 0.347 e. The van der Waals surface area contributed by atoms with Gasteiger partial charge in [0.05, 0.1) is 6.54 Å². The molecule has 3 rings (SSSR count). The van der Waals surface area contributed by atoms with Crippen molar-refractivity contribution >= 4 is 5.97 Å². The van der Waals surface area contributed by atoms with Gasteiger partial charge in [-0.1, -0.05) is 42.0 Å². The third kappa shape index (κ3) is 6.12. The number of aromatic nitrogens is 3. The van der Waals surface area contributed by atoms with E-state index in [4.69, 9.17) is 4.74 Å². The van der Waals surface area contributed by atoms with Crippen LogP contribution in [0.25, 0.3) is 0 Å². The van der Waals surface area contributed by atoms with Gasteiger partial charge in [0.25, 0.3) is 0 Å². The van der Waals surface area contributed by atoms with E-state index >= 15 is 0 Å². The number of ether oxygens (including phenoxy) is 1. The fraction of sp³-hybridized carbons (Fsp3) is 0.423. The fourth-order valence-corrected chi connectivity index (χ4v) is 3.64. The Bertz CT molecular complexity index is 1140. The molecule has 33 heavy (non-hydrogen) atoms. The molecular weight excluding hydrogens is 418 g/mol. The summed E-state index contributed by atoms with van der Waals surface area (Å²) in [6.45, 7) is 9.55. The van der Waals surface area contributed by atoms with Gasteiger partial charge in [-0.15, -0.1) is 0 Å². The number of carboxylic acids is 1. The normalized spacial score (nSPS) is 11.7. The quantitative estimate of drug-likeness (QED) is 0.494. The highest BCUT2D eigenvalue weighted by Gasteiger charge is 2.29. The van der Waals surface area contributed by atoms with Gasteiger partial charge in [0.2, 0.25) is 0 Å². The van der Waals surface area contributed by atoms with E-state index in [1.54, 1.807) is 21.4 Å². The Morgan fingerprint density at radius 2 is 1.64 bits per heavy atom. The van der Waals surface area contributed by atoms with E-state index in [0.29, 0.717) is 18.7 Å². The lowest BCUT2D eigenvalue weighted by atomic mass is 10.1. The molecule has 0 aliphatic heterocycles. The third-order valence-electron chi connectivity index (χ3n) is 5.59. The third-order valence-corrected chi connectivity index (χ3v) is 5.59. The average Bonchev–Trinajstić information content (AvgIpc) is 3.06. The molecular formula is C26H33N3O4. The van der Waals surface area contributed by atoms with Crippen LogP contribution in [-0.4, -0.2) is 31.0 Å². The van der Waals surface area contributed by atoms with E-state index in [9.17, 15) is 14.7 Å². The van der Waals surface area contributed by atoms with Crippen LogP contribution in [0.4, 0.5) is 0 Å². The Balaban J connectivity index is 1.65. The Hall–Kier alpha value is -3.35. The highest BCUT2D eigenvalue weighted by Crippen LogP contribution is 2.20. The van der Waals surface area contributed by atoms with E-state index < -0.39 is 11.6 Å². The van der Waals surface area contributed by atoms with Gasteiger partial charge < -0.3 is 9.84 Å². The summed E-state index contributed by atoms with van der Waals surface area (Å²) in [6.07, 6.45) is 2.35. The Labute approximate surface area is 194 Å². The molecule has 0 aliphatic rings. The smallest absolute Gasteiger partial charge is 0.347 e. The minimum Gasteiger partial charge on any atom is -0.478 e. The second-order valence-electron chi connectivity index (χ2n) is 9.22. The van der Waals surface area contributed by atoms with E-state index in [0.717, 1.165) is 29.8 Å². The fourth-order valence-electron chi connectivity index (χ4n) is 3.64. The molecule has 0 unspecified atom stereocenters. The molecule has 0 aliphatic carbocycles. The number of hydrogen-bond donors (Lipinski definition) is 1. The molecule has 7 nitrogen and oxygen atoms in total. The summed E-state index contributed by atoms with van der Waals surface area (Å²) in [7, 11) is 0. The topological polar surface area (TPSA) is 86.3 Å². The number of aryl methyl sites for hydroxylation is 3. The van der Waals surface area contributed by atoms with E-state index in [-0.39, 0.29) is 11.7 Å². The van der Waals surface area contributed by atoms with Gasteiger partial charge in [0, 0.05) is 12.5 Å². The van der Waals surface area contributed by atoms with Crippen molar-refractivity contribution in [3.63, 3.8) is 0 Å². The molecule has 0 radical (unpaired) electrons. The summed E-state index contributed by atoms with van der Waals surface area (Å²) in [5, 5.41) is 13.8. The van der Waals surface area contributed by atoms with Gasteiger partial charge in [0.1, 0.15) is 11.6 Å². The average molecular weight is 452 g/mol. The second kappa shape index (κ2) is 10.1. The molecule has 0 saturated heterocycles. The zero-order chi connectivity index (χ0) is 24.2. The van der Waals surface area contributed by atoms with Gasteiger partial charge >= 0.3 is 11.7 Å². The Morgan fingerprint density at radius 1 is 1.03 bits per heavy atom. The molecule has 0 spiro atoms. The van der Waals surface area contributed by atoms with E-state index in [2.05, 4.69) is 5.10 Å². The number of aliphatic carboxylic acids is 1. The van der Waals surface area contributed by atoms with Crippen molar-refractivity contribution in [3.05, 3.63) is 81.5 Å². The van der Waals surface area contributed by atoms with Crippen molar-refractivity contribution in [2.75, 3.05) is 0 Å². The summed E-state index contributed by atoms with van der Waals surface area (Å²) in [5.41, 5.74) is 2.00. The van der Waals surface area contributed by atoms with Crippen LogP contribution in [0.5, 0.6) is 5.75 Å². The molecule has 2 aromatic carbocycles. The Kier molecular flexibility index (Phi) is 7.41. The molecule has 0 fully saturated rings. The van der Waals surface area contributed by atoms with Crippen LogP contribution in [0.1, 0.15) is 62.7 Å². The van der Waals surface area contributed by atoms with Gasteiger partial charge in [-0.25, -0.2) is 14.3 Å².